The standard InChI is InChI=1S/C16H25N3O/c1-12(2)15(16(17)20)18-13-8-10-19(11-9-13)14-6-4-3-5-7-14/h3-7,12-13,15,18H,8-11H2,1-2H3,(H2,17,20). The van der Waals surface area contributed by atoms with Crippen molar-refractivity contribution in [2.45, 2.75) is 38.8 Å². The van der Waals surface area contributed by atoms with Gasteiger partial charge in [-0.25, -0.2) is 0 Å². The summed E-state index contributed by atoms with van der Waals surface area (Å²) in [4.78, 5) is 13.8. The van der Waals surface area contributed by atoms with Crippen molar-refractivity contribution in [3.05, 3.63) is 30.3 Å². The van der Waals surface area contributed by atoms with Gasteiger partial charge in [-0.1, -0.05) is 32.0 Å². The first-order chi connectivity index (χ1) is 9.58. The Bertz CT molecular complexity index is 425. The molecule has 4 nitrogen and oxygen atoms in total. The SMILES string of the molecule is CC(C)C(NC1CCN(c2ccccc2)CC1)C(N)=O. The van der Waals surface area contributed by atoms with Gasteiger partial charge in [-0.15, -0.1) is 0 Å². The van der Waals surface area contributed by atoms with E-state index in [9.17, 15) is 4.79 Å². The molecular formula is C16H25N3O. The van der Waals surface area contributed by atoms with Crippen LogP contribution in [0.5, 0.6) is 0 Å². The maximum Gasteiger partial charge on any atom is 0.234 e. The van der Waals surface area contributed by atoms with E-state index in [1.165, 1.54) is 5.69 Å². The van der Waals surface area contributed by atoms with Crippen molar-refractivity contribution in [1.82, 2.24) is 5.32 Å². The maximum atomic E-state index is 11.4. The number of piperidine rings is 1. The zero-order valence-electron chi connectivity index (χ0n) is 12.4. The predicted molar refractivity (Wildman–Crippen MR) is 82.6 cm³/mol. The van der Waals surface area contributed by atoms with Crippen LogP contribution in [-0.2, 0) is 4.79 Å². The van der Waals surface area contributed by atoms with E-state index < -0.39 is 0 Å². The molecule has 0 spiro atoms. The van der Waals surface area contributed by atoms with Crippen LogP contribution in [0.4, 0.5) is 5.69 Å². The van der Waals surface area contributed by atoms with Crippen molar-refractivity contribution in [2.75, 3.05) is 18.0 Å². The minimum Gasteiger partial charge on any atom is -0.371 e. The number of hydrogen-bond donors (Lipinski definition) is 2. The fourth-order valence-corrected chi connectivity index (χ4v) is 2.80. The van der Waals surface area contributed by atoms with Gasteiger partial charge in [-0.3, -0.25) is 4.79 Å². The zero-order valence-corrected chi connectivity index (χ0v) is 12.4. The smallest absolute Gasteiger partial charge is 0.234 e. The van der Waals surface area contributed by atoms with Crippen LogP contribution < -0.4 is 16.0 Å². The van der Waals surface area contributed by atoms with Crippen LogP contribution in [0.3, 0.4) is 0 Å². The second-order valence-corrected chi connectivity index (χ2v) is 5.89. The lowest BCUT2D eigenvalue weighted by atomic mass is 9.98. The second-order valence-electron chi connectivity index (χ2n) is 5.89. The molecule has 2 rings (SSSR count). The quantitative estimate of drug-likeness (QED) is 0.861. The van der Waals surface area contributed by atoms with Crippen LogP contribution in [-0.4, -0.2) is 31.1 Å². The molecule has 1 atom stereocenters. The summed E-state index contributed by atoms with van der Waals surface area (Å²) in [6, 6.07) is 10.6. The Hall–Kier alpha value is -1.55. The number of rotatable bonds is 5. The Morgan fingerprint density at radius 3 is 2.35 bits per heavy atom. The third kappa shape index (κ3) is 3.73. The second kappa shape index (κ2) is 6.75. The van der Waals surface area contributed by atoms with E-state index in [1.54, 1.807) is 0 Å². The first kappa shape index (κ1) is 14.9. The lowest BCUT2D eigenvalue weighted by Gasteiger charge is -2.36. The average molecular weight is 275 g/mol. The minimum absolute atomic E-state index is 0.219. The van der Waals surface area contributed by atoms with Gasteiger partial charge in [0.05, 0.1) is 6.04 Å². The molecule has 0 saturated carbocycles. The number of anilines is 1. The Morgan fingerprint density at radius 1 is 1.25 bits per heavy atom. The summed E-state index contributed by atoms with van der Waals surface area (Å²) in [6.07, 6.45) is 2.09. The molecule has 0 aromatic heterocycles. The van der Waals surface area contributed by atoms with Crippen LogP contribution in [0.1, 0.15) is 26.7 Å². The van der Waals surface area contributed by atoms with E-state index >= 15 is 0 Å². The van der Waals surface area contributed by atoms with Crippen molar-refractivity contribution >= 4 is 11.6 Å². The third-order valence-corrected chi connectivity index (χ3v) is 4.00. The number of nitrogens with one attached hydrogen (secondary N) is 1. The normalized spacial score (nSPS) is 18.2. The van der Waals surface area contributed by atoms with E-state index in [0.29, 0.717) is 6.04 Å². The van der Waals surface area contributed by atoms with Crippen LogP contribution in [0.2, 0.25) is 0 Å². The summed E-state index contributed by atoms with van der Waals surface area (Å²) in [5.41, 5.74) is 6.74. The van der Waals surface area contributed by atoms with Crippen LogP contribution in [0, 0.1) is 5.92 Å². The van der Waals surface area contributed by atoms with Crippen molar-refractivity contribution in [3.63, 3.8) is 0 Å². The first-order valence-corrected chi connectivity index (χ1v) is 7.43. The lowest BCUT2D eigenvalue weighted by Crippen LogP contribution is -2.52. The lowest BCUT2D eigenvalue weighted by molar-refractivity contribution is -0.121. The van der Waals surface area contributed by atoms with E-state index in [0.717, 1.165) is 25.9 Å². The minimum atomic E-state index is -0.245. The highest BCUT2D eigenvalue weighted by molar-refractivity contribution is 5.80. The molecule has 20 heavy (non-hydrogen) atoms. The molecule has 0 radical (unpaired) electrons. The van der Waals surface area contributed by atoms with E-state index in [1.807, 2.05) is 19.9 Å². The third-order valence-electron chi connectivity index (χ3n) is 4.00. The van der Waals surface area contributed by atoms with Gasteiger partial charge in [-0.05, 0) is 30.9 Å². The number of carbonyl (C=O) groups excluding carboxylic acids is 1. The molecule has 3 N–H and O–H groups in total. The summed E-state index contributed by atoms with van der Waals surface area (Å²) in [5.74, 6) is -0.00913. The average Bonchev–Trinajstić information content (AvgIpc) is 2.45. The number of amides is 1. The van der Waals surface area contributed by atoms with Crippen molar-refractivity contribution in [1.29, 1.82) is 0 Å². The van der Waals surface area contributed by atoms with Gasteiger partial charge in [0.1, 0.15) is 0 Å². The van der Waals surface area contributed by atoms with Gasteiger partial charge in [0.2, 0.25) is 5.91 Å². The van der Waals surface area contributed by atoms with Crippen molar-refractivity contribution in [2.24, 2.45) is 11.7 Å². The molecule has 1 aliphatic rings. The van der Waals surface area contributed by atoms with Gasteiger partial charge in [0, 0.05) is 24.8 Å². The summed E-state index contributed by atoms with van der Waals surface area (Å²) >= 11 is 0. The van der Waals surface area contributed by atoms with E-state index in [-0.39, 0.29) is 17.9 Å². The fourth-order valence-electron chi connectivity index (χ4n) is 2.80. The molecule has 0 bridgehead atoms. The molecule has 1 saturated heterocycles. The van der Waals surface area contributed by atoms with E-state index in [2.05, 4.69) is 34.5 Å². The monoisotopic (exact) mass is 275 g/mol. The highest BCUT2D eigenvalue weighted by Crippen LogP contribution is 2.20. The number of nitrogens with zero attached hydrogens (tertiary/aromatic N) is 1. The molecule has 4 heteroatoms. The van der Waals surface area contributed by atoms with Gasteiger partial charge in [0.25, 0.3) is 0 Å². The van der Waals surface area contributed by atoms with Gasteiger partial charge in [0.15, 0.2) is 0 Å². The van der Waals surface area contributed by atoms with Crippen molar-refractivity contribution < 1.29 is 4.79 Å². The van der Waals surface area contributed by atoms with Crippen LogP contribution >= 0.6 is 0 Å². The molecule has 1 heterocycles. The number of benzene rings is 1. The molecule has 1 unspecified atom stereocenters. The number of primary amides is 1. The predicted octanol–water partition coefficient (Wildman–Crippen LogP) is 1.75. The molecule has 1 amide bonds. The van der Waals surface area contributed by atoms with Gasteiger partial charge in [-0.2, -0.15) is 0 Å². The van der Waals surface area contributed by atoms with Crippen molar-refractivity contribution in [3.8, 4) is 0 Å². The zero-order chi connectivity index (χ0) is 14.5. The fraction of sp³-hybridized carbons (Fsp3) is 0.562. The van der Waals surface area contributed by atoms with E-state index in [4.69, 9.17) is 5.73 Å². The molecule has 0 aliphatic carbocycles. The number of para-hydroxylation sites is 1. The maximum absolute atomic E-state index is 11.4. The molecular weight excluding hydrogens is 250 g/mol. The van der Waals surface area contributed by atoms with Gasteiger partial charge < -0.3 is 16.0 Å². The topological polar surface area (TPSA) is 58.4 Å². The first-order valence-electron chi connectivity index (χ1n) is 7.43. The number of hydrogen-bond acceptors (Lipinski definition) is 3. The van der Waals surface area contributed by atoms with Crippen LogP contribution in [0.15, 0.2) is 30.3 Å². The Labute approximate surface area is 121 Å². The largest absolute Gasteiger partial charge is 0.371 e. The summed E-state index contributed by atoms with van der Waals surface area (Å²) in [7, 11) is 0. The summed E-state index contributed by atoms with van der Waals surface area (Å²) in [6.45, 7) is 6.10. The highest BCUT2D eigenvalue weighted by atomic mass is 16.1. The number of nitrogens with two attached hydrogens (primary N) is 1. The molecule has 1 aromatic rings. The molecule has 1 aromatic carbocycles. The Morgan fingerprint density at radius 2 is 1.85 bits per heavy atom. The summed E-state index contributed by atoms with van der Waals surface area (Å²) in [5, 5.41) is 3.43. The molecule has 110 valence electrons. The Kier molecular flexibility index (Phi) is 5.01. The number of carbonyl (C=O) groups is 1. The van der Waals surface area contributed by atoms with Crippen LogP contribution in [0.25, 0.3) is 0 Å². The molecule has 1 fully saturated rings. The van der Waals surface area contributed by atoms with Gasteiger partial charge >= 0.3 is 0 Å². The summed E-state index contributed by atoms with van der Waals surface area (Å²) < 4.78 is 0. The Balaban J connectivity index is 1.87. The molecule has 1 aliphatic heterocycles. The highest BCUT2D eigenvalue weighted by Gasteiger charge is 2.26.